The molecular formula is C11H11ClO. The van der Waals surface area contributed by atoms with E-state index in [1.54, 1.807) is 31.2 Å². The Morgan fingerprint density at radius 3 is 2.46 bits per heavy atom. The van der Waals surface area contributed by atoms with Gasteiger partial charge in [0.05, 0.1) is 0 Å². The zero-order valence-corrected chi connectivity index (χ0v) is 8.17. The molecule has 0 bridgehead atoms. The number of hydrogen-bond acceptors (Lipinski definition) is 1. The second-order valence-corrected chi connectivity index (χ2v) is 3.25. The number of benzene rings is 1. The van der Waals surface area contributed by atoms with Crippen LogP contribution in [0, 0.1) is 0 Å². The van der Waals surface area contributed by atoms with Gasteiger partial charge in [0, 0.05) is 10.6 Å². The minimum Gasteiger partial charge on any atom is -0.383 e. The minimum atomic E-state index is -0.630. The van der Waals surface area contributed by atoms with Crippen LogP contribution in [0.2, 0.25) is 5.02 Å². The summed E-state index contributed by atoms with van der Waals surface area (Å²) in [4.78, 5) is 0. The van der Waals surface area contributed by atoms with E-state index in [-0.39, 0.29) is 0 Å². The van der Waals surface area contributed by atoms with Crippen molar-refractivity contribution in [3.8, 4) is 0 Å². The lowest BCUT2D eigenvalue weighted by Crippen LogP contribution is -1.97. The molecule has 2 heteroatoms. The number of hydrogen-bond donors (Lipinski definition) is 1. The van der Waals surface area contributed by atoms with E-state index in [2.05, 4.69) is 12.3 Å². The fraction of sp³-hybridized carbons (Fsp3) is 0.182. The van der Waals surface area contributed by atoms with Crippen molar-refractivity contribution in [1.29, 1.82) is 0 Å². The highest BCUT2D eigenvalue weighted by Gasteiger charge is 2.07. The van der Waals surface area contributed by atoms with Gasteiger partial charge < -0.3 is 5.11 Å². The number of aliphatic hydroxyl groups excluding tert-OH is 1. The van der Waals surface area contributed by atoms with Gasteiger partial charge in [-0.25, -0.2) is 0 Å². The summed E-state index contributed by atoms with van der Waals surface area (Å²) in [7, 11) is 0. The molecule has 0 saturated heterocycles. The smallest absolute Gasteiger partial charge is 0.107 e. The van der Waals surface area contributed by atoms with Crippen LogP contribution in [0.25, 0.3) is 0 Å². The summed E-state index contributed by atoms with van der Waals surface area (Å²) >= 11 is 5.71. The lowest BCUT2D eigenvalue weighted by Gasteiger charge is -2.09. The van der Waals surface area contributed by atoms with Gasteiger partial charge in [0.1, 0.15) is 6.10 Å². The van der Waals surface area contributed by atoms with Crippen LogP contribution in [-0.2, 0) is 0 Å². The van der Waals surface area contributed by atoms with E-state index < -0.39 is 6.10 Å². The highest BCUT2D eigenvalue weighted by Crippen LogP contribution is 2.21. The quantitative estimate of drug-likeness (QED) is 0.718. The van der Waals surface area contributed by atoms with Crippen molar-refractivity contribution in [3.63, 3.8) is 0 Å². The first-order chi connectivity index (χ1) is 6.15. The third-order valence-corrected chi connectivity index (χ3v) is 2.13. The molecule has 0 unspecified atom stereocenters. The molecular weight excluding hydrogens is 184 g/mol. The summed E-state index contributed by atoms with van der Waals surface area (Å²) in [6.07, 6.45) is -0.630. The predicted molar refractivity (Wildman–Crippen MR) is 54.7 cm³/mol. The summed E-state index contributed by atoms with van der Waals surface area (Å²) in [6, 6.07) is 7.06. The van der Waals surface area contributed by atoms with Crippen molar-refractivity contribution in [3.05, 3.63) is 52.7 Å². The summed E-state index contributed by atoms with van der Waals surface area (Å²) < 4.78 is 0. The van der Waals surface area contributed by atoms with E-state index in [0.717, 1.165) is 5.56 Å². The van der Waals surface area contributed by atoms with Gasteiger partial charge in [-0.2, -0.15) is 0 Å². The first-order valence-corrected chi connectivity index (χ1v) is 4.33. The van der Waals surface area contributed by atoms with Crippen LogP contribution in [-0.4, -0.2) is 5.11 Å². The lowest BCUT2D eigenvalue weighted by molar-refractivity contribution is 0.216. The van der Waals surface area contributed by atoms with Crippen molar-refractivity contribution < 1.29 is 5.11 Å². The van der Waals surface area contributed by atoms with E-state index in [4.69, 9.17) is 11.6 Å². The normalized spacial score (nSPS) is 11.9. The molecule has 1 N–H and O–H groups in total. The largest absolute Gasteiger partial charge is 0.383 e. The average molecular weight is 195 g/mol. The third-order valence-electron chi connectivity index (χ3n) is 1.87. The maximum Gasteiger partial charge on any atom is 0.107 e. The van der Waals surface area contributed by atoms with Crippen LogP contribution >= 0.6 is 11.6 Å². The first-order valence-electron chi connectivity index (χ1n) is 3.95. The molecule has 0 aromatic heterocycles. The van der Waals surface area contributed by atoms with Gasteiger partial charge in [0.2, 0.25) is 0 Å². The molecule has 0 aliphatic heterocycles. The Labute approximate surface area is 83.0 Å². The Kier molecular flexibility index (Phi) is 3.32. The van der Waals surface area contributed by atoms with Crippen LogP contribution in [0.4, 0.5) is 0 Å². The van der Waals surface area contributed by atoms with Gasteiger partial charge in [0.15, 0.2) is 0 Å². The van der Waals surface area contributed by atoms with E-state index in [9.17, 15) is 5.11 Å². The maximum atomic E-state index is 9.70. The fourth-order valence-corrected chi connectivity index (χ4v) is 1.12. The second kappa shape index (κ2) is 4.29. The highest BCUT2D eigenvalue weighted by molar-refractivity contribution is 6.30. The van der Waals surface area contributed by atoms with Gasteiger partial charge in [-0.1, -0.05) is 30.3 Å². The number of aliphatic hydroxyl groups is 1. The molecule has 0 fully saturated rings. The van der Waals surface area contributed by atoms with Gasteiger partial charge in [0.25, 0.3) is 0 Å². The third kappa shape index (κ3) is 2.46. The van der Waals surface area contributed by atoms with E-state index in [1.165, 1.54) is 0 Å². The monoisotopic (exact) mass is 194 g/mol. The Morgan fingerprint density at radius 1 is 1.46 bits per heavy atom. The van der Waals surface area contributed by atoms with Crippen molar-refractivity contribution in [2.24, 2.45) is 0 Å². The van der Waals surface area contributed by atoms with Gasteiger partial charge >= 0.3 is 0 Å². The van der Waals surface area contributed by atoms with Crippen LogP contribution in [0.5, 0.6) is 0 Å². The van der Waals surface area contributed by atoms with Crippen LogP contribution < -0.4 is 0 Å². The molecule has 0 radical (unpaired) electrons. The topological polar surface area (TPSA) is 20.2 Å². The molecule has 0 saturated carbocycles. The number of halogens is 1. The predicted octanol–water partition coefficient (Wildman–Crippen LogP) is 3.10. The molecule has 0 spiro atoms. The van der Waals surface area contributed by atoms with Crippen LogP contribution in [0.3, 0.4) is 0 Å². The maximum absolute atomic E-state index is 9.70. The molecule has 0 aliphatic carbocycles. The van der Waals surface area contributed by atoms with E-state index in [1.807, 2.05) is 0 Å². The Hall–Kier alpha value is -1.01. The van der Waals surface area contributed by atoms with Crippen molar-refractivity contribution >= 4 is 11.6 Å². The van der Waals surface area contributed by atoms with Crippen LogP contribution in [0.1, 0.15) is 18.6 Å². The summed E-state index contributed by atoms with van der Waals surface area (Å²) in [5, 5.41) is 10.4. The molecule has 1 atom stereocenters. The highest BCUT2D eigenvalue weighted by atomic mass is 35.5. The fourth-order valence-electron chi connectivity index (χ4n) is 0.992. The molecule has 1 aromatic carbocycles. The summed E-state index contributed by atoms with van der Waals surface area (Å²) in [5.74, 6) is 0. The second-order valence-electron chi connectivity index (χ2n) is 2.81. The van der Waals surface area contributed by atoms with Crippen molar-refractivity contribution in [2.75, 3.05) is 0 Å². The van der Waals surface area contributed by atoms with E-state index >= 15 is 0 Å². The van der Waals surface area contributed by atoms with Gasteiger partial charge in [-0.3, -0.25) is 0 Å². The van der Waals surface area contributed by atoms with Crippen molar-refractivity contribution in [2.45, 2.75) is 13.0 Å². The summed E-state index contributed by atoms with van der Waals surface area (Å²) in [5.41, 5.74) is 4.18. The Bertz CT molecular complexity index is 334. The van der Waals surface area contributed by atoms with Gasteiger partial charge in [-0.15, -0.1) is 5.73 Å². The molecule has 1 rings (SSSR count). The molecule has 1 aromatic rings. The number of rotatable bonds is 2. The van der Waals surface area contributed by atoms with Gasteiger partial charge in [-0.05, 0) is 24.6 Å². The van der Waals surface area contributed by atoms with E-state index in [0.29, 0.717) is 10.6 Å². The molecule has 1 nitrogen and oxygen atoms in total. The average Bonchev–Trinajstić information content (AvgIpc) is 2.17. The SMILES string of the molecule is C=C=C(C)[C@@H](O)c1ccc(Cl)cc1. The minimum absolute atomic E-state index is 0.630. The molecule has 0 heterocycles. The molecule has 68 valence electrons. The van der Waals surface area contributed by atoms with Crippen LogP contribution in [0.15, 0.2) is 42.1 Å². The zero-order valence-electron chi connectivity index (χ0n) is 7.42. The Morgan fingerprint density at radius 2 is 2.00 bits per heavy atom. The van der Waals surface area contributed by atoms with Crippen molar-refractivity contribution in [1.82, 2.24) is 0 Å². The summed E-state index contributed by atoms with van der Waals surface area (Å²) in [6.45, 7) is 5.26. The molecule has 0 amide bonds. The molecule has 0 aliphatic rings. The molecule has 13 heavy (non-hydrogen) atoms. The zero-order chi connectivity index (χ0) is 9.84. The first kappa shape index (κ1) is 10.1. The Balaban J connectivity index is 2.96. The standard InChI is InChI=1S/C11H11ClO/c1-3-8(2)11(13)9-4-6-10(12)7-5-9/h4-7,11,13H,1H2,2H3/t11-/m1/s1. The lowest BCUT2D eigenvalue weighted by atomic mass is 10.0.